The molecule has 0 aliphatic heterocycles. The summed E-state index contributed by atoms with van der Waals surface area (Å²) < 4.78 is 24.8. The molecule has 1 amide bonds. The predicted octanol–water partition coefficient (Wildman–Crippen LogP) is 4.04. The number of aromatic nitrogens is 1. The highest BCUT2D eigenvalue weighted by Crippen LogP contribution is 2.40. The van der Waals surface area contributed by atoms with Gasteiger partial charge in [-0.2, -0.15) is 0 Å². The van der Waals surface area contributed by atoms with Gasteiger partial charge in [0, 0.05) is 12.0 Å². The quantitative estimate of drug-likeness (QED) is 0.868. The maximum Gasteiger partial charge on any atom is 0.293 e. The molecule has 2 aliphatic carbocycles. The van der Waals surface area contributed by atoms with Gasteiger partial charge in [0.1, 0.15) is 11.6 Å². The van der Waals surface area contributed by atoms with Gasteiger partial charge >= 0.3 is 0 Å². The van der Waals surface area contributed by atoms with Crippen molar-refractivity contribution in [3.63, 3.8) is 0 Å². The molecular formula is C18H19FN2O3. The Hall–Kier alpha value is -2.37. The van der Waals surface area contributed by atoms with Crippen LogP contribution in [0.2, 0.25) is 0 Å². The normalized spacial score (nSPS) is 16.9. The van der Waals surface area contributed by atoms with E-state index in [4.69, 9.17) is 9.15 Å². The zero-order valence-electron chi connectivity index (χ0n) is 13.5. The third-order valence-corrected chi connectivity index (χ3v) is 4.31. The molecule has 6 heteroatoms. The highest BCUT2D eigenvalue weighted by atomic mass is 19.1. The zero-order valence-corrected chi connectivity index (χ0v) is 13.5. The van der Waals surface area contributed by atoms with Gasteiger partial charge in [-0.05, 0) is 50.7 Å². The number of carbonyl (C=O) groups excluding carboxylic acids is 1. The van der Waals surface area contributed by atoms with Crippen LogP contribution in [-0.4, -0.2) is 17.5 Å². The van der Waals surface area contributed by atoms with Crippen LogP contribution in [0.15, 0.2) is 22.6 Å². The number of carbonyl (C=O) groups is 1. The lowest BCUT2D eigenvalue weighted by atomic mass is 10.2. The van der Waals surface area contributed by atoms with E-state index in [0.717, 1.165) is 25.7 Å². The zero-order chi connectivity index (χ0) is 16.7. The number of halogens is 1. The van der Waals surface area contributed by atoms with Gasteiger partial charge in [-0.25, -0.2) is 9.37 Å². The Bertz CT molecular complexity index is 779. The summed E-state index contributed by atoms with van der Waals surface area (Å²) in [6, 6.07) is 4.09. The molecule has 1 heterocycles. The van der Waals surface area contributed by atoms with Crippen molar-refractivity contribution in [1.29, 1.82) is 0 Å². The number of nitrogens with zero attached hydrogens (tertiary/aromatic N) is 1. The molecular weight excluding hydrogens is 311 g/mol. The number of aryl methyl sites for hydroxylation is 1. The summed E-state index contributed by atoms with van der Waals surface area (Å²) in [7, 11) is 0. The van der Waals surface area contributed by atoms with Gasteiger partial charge in [0.15, 0.2) is 5.89 Å². The molecule has 1 aromatic carbocycles. The summed E-state index contributed by atoms with van der Waals surface area (Å²) in [6.07, 6.45) is 4.38. The molecule has 0 radical (unpaired) electrons. The van der Waals surface area contributed by atoms with Gasteiger partial charge in [-0.3, -0.25) is 4.79 Å². The van der Waals surface area contributed by atoms with Gasteiger partial charge in [-0.1, -0.05) is 0 Å². The van der Waals surface area contributed by atoms with E-state index in [1.807, 2.05) is 0 Å². The van der Waals surface area contributed by atoms with Crippen molar-refractivity contribution in [2.75, 3.05) is 11.9 Å². The molecule has 1 N–H and O–H groups in total. The standard InChI is InChI=1S/C18H19FN2O3/c1-10-16(24-18(20-10)12-4-5-12)17(22)21-14-7-6-13(19)8-15(14)23-9-11-2-3-11/h6-8,11-12H,2-5,9H2,1H3,(H,21,22). The minimum atomic E-state index is -0.398. The maximum absolute atomic E-state index is 13.5. The first kappa shape index (κ1) is 15.2. The summed E-state index contributed by atoms with van der Waals surface area (Å²) in [4.78, 5) is 16.8. The summed E-state index contributed by atoms with van der Waals surface area (Å²) in [5, 5.41) is 2.75. The highest BCUT2D eigenvalue weighted by molar-refractivity contribution is 6.03. The first-order valence-corrected chi connectivity index (χ1v) is 8.31. The fourth-order valence-electron chi connectivity index (χ4n) is 2.52. The molecule has 0 saturated heterocycles. The first-order chi connectivity index (χ1) is 11.6. The molecule has 0 bridgehead atoms. The fourth-order valence-corrected chi connectivity index (χ4v) is 2.52. The van der Waals surface area contributed by atoms with Gasteiger partial charge in [0.25, 0.3) is 5.91 Å². The van der Waals surface area contributed by atoms with Crippen LogP contribution >= 0.6 is 0 Å². The first-order valence-electron chi connectivity index (χ1n) is 8.31. The van der Waals surface area contributed by atoms with Crippen LogP contribution in [0.25, 0.3) is 0 Å². The average molecular weight is 330 g/mol. The Kier molecular flexibility index (Phi) is 3.75. The van der Waals surface area contributed by atoms with Crippen LogP contribution in [-0.2, 0) is 0 Å². The molecule has 0 spiro atoms. The second kappa shape index (κ2) is 5.92. The van der Waals surface area contributed by atoms with Gasteiger partial charge < -0.3 is 14.5 Å². The monoisotopic (exact) mass is 330 g/mol. The van der Waals surface area contributed by atoms with E-state index < -0.39 is 11.7 Å². The lowest BCUT2D eigenvalue weighted by Gasteiger charge is -2.12. The van der Waals surface area contributed by atoms with Gasteiger partial charge in [0.05, 0.1) is 18.0 Å². The molecule has 5 nitrogen and oxygen atoms in total. The van der Waals surface area contributed by atoms with E-state index in [9.17, 15) is 9.18 Å². The van der Waals surface area contributed by atoms with Crippen LogP contribution in [0.1, 0.15) is 53.7 Å². The summed E-state index contributed by atoms with van der Waals surface area (Å²) in [5.41, 5.74) is 1.00. The number of ether oxygens (including phenoxy) is 1. The van der Waals surface area contributed by atoms with Crippen LogP contribution in [0.3, 0.4) is 0 Å². The largest absolute Gasteiger partial charge is 0.491 e. The van der Waals surface area contributed by atoms with Crippen molar-refractivity contribution in [2.45, 2.75) is 38.5 Å². The summed E-state index contributed by atoms with van der Waals surface area (Å²) in [6.45, 7) is 2.29. The second-order valence-electron chi connectivity index (χ2n) is 6.59. The van der Waals surface area contributed by atoms with Gasteiger partial charge in [0.2, 0.25) is 5.76 Å². The molecule has 1 aromatic heterocycles. The topological polar surface area (TPSA) is 64.4 Å². The van der Waals surface area contributed by atoms with Crippen molar-refractivity contribution in [1.82, 2.24) is 4.98 Å². The Morgan fingerprint density at radius 3 is 2.88 bits per heavy atom. The molecule has 2 aliphatic rings. The SMILES string of the molecule is Cc1nc(C2CC2)oc1C(=O)Nc1ccc(F)cc1OCC1CC1. The molecule has 2 fully saturated rings. The Balaban J connectivity index is 1.52. The minimum Gasteiger partial charge on any atom is -0.491 e. The number of amides is 1. The van der Waals surface area contributed by atoms with Crippen molar-refractivity contribution in [3.05, 3.63) is 41.4 Å². The van der Waals surface area contributed by atoms with Crippen molar-refractivity contribution in [3.8, 4) is 5.75 Å². The number of hydrogen-bond acceptors (Lipinski definition) is 4. The third kappa shape index (κ3) is 3.27. The number of rotatable bonds is 6. The van der Waals surface area contributed by atoms with E-state index in [1.54, 1.807) is 6.92 Å². The van der Waals surface area contributed by atoms with E-state index in [1.165, 1.54) is 18.2 Å². The number of nitrogens with one attached hydrogen (secondary N) is 1. The Morgan fingerprint density at radius 2 is 2.17 bits per heavy atom. The molecule has 0 unspecified atom stereocenters. The minimum absolute atomic E-state index is 0.203. The van der Waals surface area contributed by atoms with Crippen molar-refractivity contribution < 1.29 is 18.3 Å². The molecule has 126 valence electrons. The molecule has 0 atom stereocenters. The Labute approximate surface area is 139 Å². The molecule has 4 rings (SSSR count). The van der Waals surface area contributed by atoms with Crippen LogP contribution in [0, 0.1) is 18.7 Å². The van der Waals surface area contributed by atoms with Crippen LogP contribution < -0.4 is 10.1 Å². The lowest BCUT2D eigenvalue weighted by Crippen LogP contribution is -2.14. The van der Waals surface area contributed by atoms with E-state index in [2.05, 4.69) is 10.3 Å². The lowest BCUT2D eigenvalue weighted by molar-refractivity contribution is 0.0993. The second-order valence-corrected chi connectivity index (χ2v) is 6.59. The smallest absolute Gasteiger partial charge is 0.293 e. The summed E-state index contributed by atoms with van der Waals surface area (Å²) >= 11 is 0. The van der Waals surface area contributed by atoms with Crippen molar-refractivity contribution >= 4 is 11.6 Å². The van der Waals surface area contributed by atoms with Crippen LogP contribution in [0.4, 0.5) is 10.1 Å². The van der Waals surface area contributed by atoms with E-state index >= 15 is 0 Å². The average Bonchev–Trinajstić information content (AvgIpc) is 3.46. The number of oxazole rings is 1. The summed E-state index contributed by atoms with van der Waals surface area (Å²) in [5.74, 6) is 1.26. The van der Waals surface area contributed by atoms with Gasteiger partial charge in [-0.15, -0.1) is 0 Å². The highest BCUT2D eigenvalue weighted by Gasteiger charge is 2.31. The van der Waals surface area contributed by atoms with Crippen molar-refractivity contribution in [2.24, 2.45) is 5.92 Å². The number of anilines is 1. The predicted molar refractivity (Wildman–Crippen MR) is 85.8 cm³/mol. The molecule has 2 saturated carbocycles. The molecule has 24 heavy (non-hydrogen) atoms. The number of benzene rings is 1. The Morgan fingerprint density at radius 1 is 1.38 bits per heavy atom. The molecule has 2 aromatic rings. The number of hydrogen-bond donors (Lipinski definition) is 1. The maximum atomic E-state index is 13.5. The fraction of sp³-hybridized carbons (Fsp3) is 0.444. The van der Waals surface area contributed by atoms with E-state index in [-0.39, 0.29) is 5.76 Å². The van der Waals surface area contributed by atoms with E-state index in [0.29, 0.717) is 41.5 Å². The third-order valence-electron chi connectivity index (χ3n) is 4.31. The van der Waals surface area contributed by atoms with Crippen LogP contribution in [0.5, 0.6) is 5.75 Å².